The van der Waals surface area contributed by atoms with E-state index in [2.05, 4.69) is 61.6 Å². The van der Waals surface area contributed by atoms with Gasteiger partial charge in [0.1, 0.15) is 12.2 Å². The lowest BCUT2D eigenvalue weighted by atomic mass is 10.4. The molecule has 7 nitrogen and oxygen atoms in total. The molecular weight excluding hydrogens is 372 g/mol. The van der Waals surface area contributed by atoms with E-state index in [-0.39, 0.29) is 0 Å². The number of guanidine groups is 1. The number of aliphatic imine (C=N–C) groups is 1. The van der Waals surface area contributed by atoms with E-state index in [1.165, 1.54) is 4.90 Å². The first-order valence-corrected chi connectivity index (χ1v) is 11.0. The van der Waals surface area contributed by atoms with E-state index in [1.807, 2.05) is 24.8 Å². The van der Waals surface area contributed by atoms with E-state index >= 15 is 0 Å². The van der Waals surface area contributed by atoms with Gasteiger partial charge in [0, 0.05) is 56.5 Å². The summed E-state index contributed by atoms with van der Waals surface area (Å²) in [6.45, 7) is 8.78. The molecule has 8 heteroatoms. The van der Waals surface area contributed by atoms with Crippen LogP contribution in [-0.4, -0.2) is 59.3 Å². The van der Waals surface area contributed by atoms with Crippen molar-refractivity contribution in [3.63, 3.8) is 0 Å². The van der Waals surface area contributed by atoms with Crippen LogP contribution in [0.5, 0.6) is 0 Å². The second-order valence-corrected chi connectivity index (χ2v) is 7.26. The van der Waals surface area contributed by atoms with Crippen molar-refractivity contribution in [3.8, 4) is 0 Å². The SMILES string of the molecule is CCOCCCN=C(NCCSc1ccccc1)NCCn1cnnc1CC. The quantitative estimate of drug-likeness (QED) is 0.231. The molecule has 1 aromatic heterocycles. The summed E-state index contributed by atoms with van der Waals surface area (Å²) in [7, 11) is 0. The summed E-state index contributed by atoms with van der Waals surface area (Å²) < 4.78 is 7.46. The Morgan fingerprint density at radius 1 is 1.18 bits per heavy atom. The van der Waals surface area contributed by atoms with E-state index in [1.54, 1.807) is 6.33 Å². The van der Waals surface area contributed by atoms with Gasteiger partial charge in [-0.25, -0.2) is 0 Å². The zero-order valence-electron chi connectivity index (χ0n) is 16.9. The minimum Gasteiger partial charge on any atom is -0.382 e. The van der Waals surface area contributed by atoms with Crippen LogP contribution in [0.2, 0.25) is 0 Å². The average molecular weight is 405 g/mol. The monoisotopic (exact) mass is 404 g/mol. The lowest BCUT2D eigenvalue weighted by Gasteiger charge is -2.13. The van der Waals surface area contributed by atoms with E-state index in [0.717, 1.165) is 69.8 Å². The maximum atomic E-state index is 5.39. The summed E-state index contributed by atoms with van der Waals surface area (Å²) in [5, 5.41) is 14.9. The zero-order chi connectivity index (χ0) is 19.9. The molecule has 0 aliphatic rings. The van der Waals surface area contributed by atoms with E-state index < -0.39 is 0 Å². The highest BCUT2D eigenvalue weighted by Crippen LogP contribution is 2.15. The molecule has 28 heavy (non-hydrogen) atoms. The van der Waals surface area contributed by atoms with Crippen LogP contribution in [-0.2, 0) is 17.7 Å². The lowest BCUT2D eigenvalue weighted by Crippen LogP contribution is -2.40. The van der Waals surface area contributed by atoms with E-state index in [4.69, 9.17) is 4.74 Å². The van der Waals surface area contributed by atoms with Crippen molar-refractivity contribution < 1.29 is 4.74 Å². The summed E-state index contributed by atoms with van der Waals surface area (Å²) in [5.41, 5.74) is 0. The molecule has 0 saturated heterocycles. The van der Waals surface area contributed by atoms with Crippen LogP contribution in [0.1, 0.15) is 26.1 Å². The summed E-state index contributed by atoms with van der Waals surface area (Å²) in [5.74, 6) is 2.83. The van der Waals surface area contributed by atoms with Crippen molar-refractivity contribution >= 4 is 17.7 Å². The number of thioether (sulfide) groups is 1. The molecule has 0 amide bonds. The third-order valence-electron chi connectivity index (χ3n) is 3.98. The maximum absolute atomic E-state index is 5.39. The molecule has 2 aromatic rings. The van der Waals surface area contributed by atoms with Gasteiger partial charge in [-0.3, -0.25) is 4.99 Å². The molecule has 0 radical (unpaired) electrons. The zero-order valence-corrected chi connectivity index (χ0v) is 17.7. The fourth-order valence-electron chi connectivity index (χ4n) is 2.57. The molecule has 0 unspecified atom stereocenters. The van der Waals surface area contributed by atoms with Crippen molar-refractivity contribution in [3.05, 3.63) is 42.5 Å². The Labute approximate surface area is 172 Å². The van der Waals surface area contributed by atoms with Crippen LogP contribution in [0.4, 0.5) is 0 Å². The highest BCUT2D eigenvalue weighted by atomic mass is 32.2. The second-order valence-electron chi connectivity index (χ2n) is 6.09. The van der Waals surface area contributed by atoms with Crippen LogP contribution in [0.15, 0.2) is 46.5 Å². The van der Waals surface area contributed by atoms with Crippen molar-refractivity contribution in [1.82, 2.24) is 25.4 Å². The average Bonchev–Trinajstić information content (AvgIpc) is 3.18. The van der Waals surface area contributed by atoms with Gasteiger partial charge >= 0.3 is 0 Å². The number of rotatable bonds is 13. The number of nitrogens with one attached hydrogen (secondary N) is 2. The minimum absolute atomic E-state index is 0.744. The maximum Gasteiger partial charge on any atom is 0.191 e. The van der Waals surface area contributed by atoms with Crippen LogP contribution in [0, 0.1) is 0 Å². The van der Waals surface area contributed by atoms with Gasteiger partial charge in [0.2, 0.25) is 0 Å². The standard InChI is InChI=1S/C20H32N6OS/c1-3-19-25-24-17-26(19)14-12-22-20(21-11-8-15-27-4-2)23-13-16-28-18-9-6-5-7-10-18/h5-7,9-10,17H,3-4,8,11-16H2,1-2H3,(H2,21,22,23). The number of hydrogen-bond donors (Lipinski definition) is 2. The number of ether oxygens (including phenoxy) is 1. The normalized spacial score (nSPS) is 11.6. The van der Waals surface area contributed by atoms with Crippen LogP contribution < -0.4 is 10.6 Å². The van der Waals surface area contributed by atoms with Gasteiger partial charge < -0.3 is 19.9 Å². The van der Waals surface area contributed by atoms with Crippen molar-refractivity contribution in [1.29, 1.82) is 0 Å². The Hall–Kier alpha value is -2.06. The Bertz CT molecular complexity index is 676. The number of benzene rings is 1. The van der Waals surface area contributed by atoms with Gasteiger partial charge in [-0.2, -0.15) is 0 Å². The molecule has 1 aromatic carbocycles. The van der Waals surface area contributed by atoms with Crippen LogP contribution in [0.3, 0.4) is 0 Å². The first-order valence-electron chi connectivity index (χ1n) is 9.98. The Balaban J connectivity index is 1.75. The minimum atomic E-state index is 0.744. The van der Waals surface area contributed by atoms with Crippen LogP contribution in [0.25, 0.3) is 0 Å². The Kier molecular flexibility index (Phi) is 11.1. The number of aryl methyl sites for hydroxylation is 1. The predicted molar refractivity (Wildman–Crippen MR) is 116 cm³/mol. The number of aromatic nitrogens is 3. The third-order valence-corrected chi connectivity index (χ3v) is 5.00. The van der Waals surface area contributed by atoms with Gasteiger partial charge in [0.25, 0.3) is 0 Å². The largest absolute Gasteiger partial charge is 0.382 e. The van der Waals surface area contributed by atoms with Gasteiger partial charge in [0.15, 0.2) is 5.96 Å². The molecule has 0 fully saturated rings. The van der Waals surface area contributed by atoms with Gasteiger partial charge in [-0.05, 0) is 25.5 Å². The molecule has 0 bridgehead atoms. The lowest BCUT2D eigenvalue weighted by molar-refractivity contribution is 0.146. The molecule has 154 valence electrons. The molecule has 1 heterocycles. The fourth-order valence-corrected chi connectivity index (χ4v) is 3.35. The molecule has 0 aliphatic carbocycles. The third kappa shape index (κ3) is 8.75. The summed E-state index contributed by atoms with van der Waals surface area (Å²) in [6.07, 6.45) is 3.58. The topological polar surface area (TPSA) is 76.4 Å². The second kappa shape index (κ2) is 14.0. The molecule has 0 saturated carbocycles. The first kappa shape index (κ1) is 22.2. The fraction of sp³-hybridized carbons (Fsp3) is 0.550. The van der Waals surface area contributed by atoms with Crippen LogP contribution >= 0.6 is 11.8 Å². The van der Waals surface area contributed by atoms with Crippen molar-refractivity contribution in [2.75, 3.05) is 38.6 Å². The van der Waals surface area contributed by atoms with Crippen molar-refractivity contribution in [2.24, 2.45) is 4.99 Å². The molecule has 0 spiro atoms. The molecular formula is C20H32N6OS. The van der Waals surface area contributed by atoms with Gasteiger partial charge in [-0.1, -0.05) is 25.1 Å². The molecule has 2 rings (SSSR count). The summed E-state index contributed by atoms with van der Waals surface area (Å²) in [6, 6.07) is 10.4. The van der Waals surface area contributed by atoms with Gasteiger partial charge in [0.05, 0.1) is 0 Å². The smallest absolute Gasteiger partial charge is 0.191 e. The highest BCUT2D eigenvalue weighted by Gasteiger charge is 2.03. The Morgan fingerprint density at radius 2 is 2.00 bits per heavy atom. The molecule has 0 aliphatic heterocycles. The summed E-state index contributed by atoms with van der Waals surface area (Å²) >= 11 is 1.84. The molecule has 0 atom stereocenters. The first-order chi connectivity index (χ1) is 13.8. The van der Waals surface area contributed by atoms with Gasteiger partial charge in [-0.15, -0.1) is 22.0 Å². The summed E-state index contributed by atoms with van der Waals surface area (Å²) in [4.78, 5) is 5.95. The number of nitrogens with zero attached hydrogens (tertiary/aromatic N) is 4. The number of hydrogen-bond acceptors (Lipinski definition) is 5. The molecule has 2 N–H and O–H groups in total. The van der Waals surface area contributed by atoms with Crippen molar-refractivity contribution in [2.45, 2.75) is 38.1 Å². The van der Waals surface area contributed by atoms with E-state index in [0.29, 0.717) is 0 Å². The highest BCUT2D eigenvalue weighted by molar-refractivity contribution is 7.99. The predicted octanol–water partition coefficient (Wildman–Crippen LogP) is 2.59. The Morgan fingerprint density at radius 3 is 2.79 bits per heavy atom. The van der Waals surface area contributed by atoms with E-state index in [9.17, 15) is 0 Å².